The highest BCUT2D eigenvalue weighted by Crippen LogP contribution is 2.20. The monoisotopic (exact) mass is 314 g/mol. The van der Waals surface area contributed by atoms with E-state index >= 15 is 0 Å². The molecule has 1 amide bonds. The van der Waals surface area contributed by atoms with Gasteiger partial charge in [0.2, 0.25) is 5.91 Å². The highest BCUT2D eigenvalue weighted by atomic mass is 32.2. The van der Waals surface area contributed by atoms with E-state index in [2.05, 4.69) is 4.72 Å². The van der Waals surface area contributed by atoms with Crippen LogP contribution in [0.1, 0.15) is 12.5 Å². The average molecular weight is 314 g/mol. The molecule has 1 N–H and O–H groups in total. The minimum absolute atomic E-state index is 0.0490. The molecule has 8 heteroatoms. The van der Waals surface area contributed by atoms with Crippen LogP contribution in [-0.2, 0) is 22.6 Å². The van der Waals surface area contributed by atoms with Gasteiger partial charge in [0.1, 0.15) is 5.82 Å². The van der Waals surface area contributed by atoms with Gasteiger partial charge in [-0.3, -0.25) is 9.00 Å². The van der Waals surface area contributed by atoms with Crippen LogP contribution in [0.2, 0.25) is 0 Å². The number of carbonyl (C=O) groups is 1. The zero-order valence-corrected chi connectivity index (χ0v) is 12.5. The molecule has 1 unspecified atom stereocenters. The fourth-order valence-electron chi connectivity index (χ4n) is 2.29. The first-order valence-corrected chi connectivity index (χ1v) is 7.66. The average Bonchev–Trinajstić information content (AvgIpc) is 2.46. The van der Waals surface area contributed by atoms with Crippen LogP contribution in [-0.4, -0.2) is 45.7 Å². The van der Waals surface area contributed by atoms with E-state index in [0.29, 0.717) is 31.7 Å². The van der Waals surface area contributed by atoms with Crippen LogP contribution in [0, 0.1) is 5.82 Å². The molecule has 0 aromatic heterocycles. The van der Waals surface area contributed by atoms with Gasteiger partial charge in [0.15, 0.2) is 0 Å². The summed E-state index contributed by atoms with van der Waals surface area (Å²) in [6.45, 7) is 4.02. The molecule has 1 atom stereocenters. The second kappa shape index (κ2) is 6.97. The molecule has 1 aliphatic heterocycles. The number of carbonyl (C=O) groups excluding carboxylic acids is 1. The molecule has 0 aliphatic carbocycles. The Labute approximate surface area is 125 Å². The Bertz CT molecular complexity index is 547. The molecule has 1 aromatic rings. The summed E-state index contributed by atoms with van der Waals surface area (Å²) in [5.41, 5.74) is 1.04. The molecule has 0 bridgehead atoms. The van der Waals surface area contributed by atoms with Crippen molar-refractivity contribution in [3.8, 4) is 0 Å². The van der Waals surface area contributed by atoms with Crippen molar-refractivity contribution in [1.82, 2.24) is 9.62 Å². The van der Waals surface area contributed by atoms with Crippen molar-refractivity contribution in [1.29, 1.82) is 0 Å². The molecule has 0 saturated carbocycles. The third kappa shape index (κ3) is 4.23. The molecular formula is C13H17FN3O3S-. The summed E-state index contributed by atoms with van der Waals surface area (Å²) < 4.78 is 36.9. The van der Waals surface area contributed by atoms with Crippen molar-refractivity contribution in [2.24, 2.45) is 0 Å². The number of amides is 1. The summed E-state index contributed by atoms with van der Waals surface area (Å²) in [6.07, 6.45) is 0. The predicted molar refractivity (Wildman–Crippen MR) is 76.6 cm³/mol. The van der Waals surface area contributed by atoms with E-state index in [-0.39, 0.29) is 12.5 Å². The van der Waals surface area contributed by atoms with Crippen molar-refractivity contribution in [3.05, 3.63) is 29.6 Å². The van der Waals surface area contributed by atoms with Gasteiger partial charge < -0.3 is 14.4 Å². The Kier molecular flexibility index (Phi) is 5.27. The summed E-state index contributed by atoms with van der Waals surface area (Å²) >= 11 is -2.41. The zero-order valence-electron chi connectivity index (χ0n) is 11.7. The lowest BCUT2D eigenvalue weighted by Crippen LogP contribution is -2.48. The number of hydrogen-bond donors (Lipinski definition) is 1. The lowest BCUT2D eigenvalue weighted by atomic mass is 10.1. The van der Waals surface area contributed by atoms with E-state index in [0.717, 1.165) is 5.69 Å². The van der Waals surface area contributed by atoms with Gasteiger partial charge in [0.05, 0.1) is 0 Å². The molecule has 1 aliphatic rings. The minimum atomic E-state index is -2.41. The summed E-state index contributed by atoms with van der Waals surface area (Å²) in [6, 6.07) is 4.73. The summed E-state index contributed by atoms with van der Waals surface area (Å²) in [7, 11) is 0. The van der Waals surface area contributed by atoms with Crippen LogP contribution in [0.5, 0.6) is 0 Å². The number of piperazine rings is 1. The molecule has 21 heavy (non-hydrogen) atoms. The zero-order chi connectivity index (χ0) is 15.4. The van der Waals surface area contributed by atoms with Crippen LogP contribution in [0.15, 0.2) is 18.2 Å². The molecule has 2 rings (SSSR count). The highest BCUT2D eigenvalue weighted by Gasteiger charge is 2.19. The normalized spacial score (nSPS) is 16.9. The quantitative estimate of drug-likeness (QED) is 0.815. The Balaban J connectivity index is 2.00. The van der Waals surface area contributed by atoms with Crippen LogP contribution in [0.4, 0.5) is 10.1 Å². The van der Waals surface area contributed by atoms with E-state index in [1.807, 2.05) is 4.90 Å². The molecule has 1 fully saturated rings. The van der Waals surface area contributed by atoms with Gasteiger partial charge in [-0.2, -0.15) is 0 Å². The fraction of sp³-hybridized carbons (Fsp3) is 0.462. The van der Waals surface area contributed by atoms with Gasteiger partial charge in [-0.1, -0.05) is 6.07 Å². The van der Waals surface area contributed by atoms with Gasteiger partial charge in [-0.25, -0.2) is 9.11 Å². The SMILES string of the molecule is CC(=O)N1CCN(c2ccc(CNS(=O)[O-])c(F)c2)CC1. The number of rotatable bonds is 4. The number of hydrogen-bond acceptors (Lipinski definition) is 4. The first-order valence-electron chi connectivity index (χ1n) is 6.59. The van der Waals surface area contributed by atoms with Crippen LogP contribution in [0.25, 0.3) is 0 Å². The van der Waals surface area contributed by atoms with E-state index in [4.69, 9.17) is 0 Å². The number of nitrogens with one attached hydrogen (secondary N) is 1. The topological polar surface area (TPSA) is 75.7 Å². The molecular weight excluding hydrogens is 297 g/mol. The minimum Gasteiger partial charge on any atom is -0.760 e. The van der Waals surface area contributed by atoms with Gasteiger partial charge >= 0.3 is 0 Å². The lowest BCUT2D eigenvalue weighted by Gasteiger charge is -2.35. The van der Waals surface area contributed by atoms with Crippen molar-refractivity contribution in [2.75, 3.05) is 31.1 Å². The number of benzene rings is 1. The fourth-order valence-corrected chi connectivity index (χ4v) is 2.57. The Morgan fingerprint density at radius 1 is 1.38 bits per heavy atom. The number of nitrogens with zero attached hydrogens (tertiary/aromatic N) is 2. The summed E-state index contributed by atoms with van der Waals surface area (Å²) in [4.78, 5) is 15.0. The molecule has 1 aromatic carbocycles. The number of halogens is 1. The van der Waals surface area contributed by atoms with Gasteiger partial charge in [0.25, 0.3) is 0 Å². The van der Waals surface area contributed by atoms with Crippen molar-refractivity contribution < 1.29 is 17.9 Å². The van der Waals surface area contributed by atoms with E-state index in [9.17, 15) is 17.9 Å². The number of anilines is 1. The smallest absolute Gasteiger partial charge is 0.219 e. The standard InChI is InChI=1S/C13H18FN3O3S/c1-10(18)16-4-6-17(7-5-16)12-3-2-11(13(14)8-12)9-15-21(19)20/h2-3,8,15H,4-7,9H2,1H3,(H,19,20)/p-1. The van der Waals surface area contributed by atoms with Crippen LogP contribution >= 0.6 is 0 Å². The van der Waals surface area contributed by atoms with Gasteiger partial charge in [-0.15, -0.1) is 0 Å². The van der Waals surface area contributed by atoms with Crippen molar-refractivity contribution in [2.45, 2.75) is 13.5 Å². The largest absolute Gasteiger partial charge is 0.760 e. The van der Waals surface area contributed by atoms with Gasteiger partial charge in [-0.05, 0) is 12.1 Å². The van der Waals surface area contributed by atoms with Crippen molar-refractivity contribution in [3.63, 3.8) is 0 Å². The van der Waals surface area contributed by atoms with Crippen molar-refractivity contribution >= 4 is 22.9 Å². The molecule has 6 nitrogen and oxygen atoms in total. The summed E-state index contributed by atoms with van der Waals surface area (Å²) in [5.74, 6) is -0.396. The maximum atomic E-state index is 13.9. The Morgan fingerprint density at radius 3 is 2.57 bits per heavy atom. The van der Waals surface area contributed by atoms with Crippen LogP contribution < -0.4 is 9.62 Å². The first kappa shape index (κ1) is 15.9. The molecule has 1 heterocycles. The molecule has 1 saturated heterocycles. The third-order valence-corrected chi connectivity index (χ3v) is 3.89. The molecule has 0 radical (unpaired) electrons. The van der Waals surface area contributed by atoms with Gasteiger partial charge in [0, 0.05) is 62.2 Å². The second-order valence-electron chi connectivity index (χ2n) is 4.82. The molecule has 116 valence electrons. The first-order chi connectivity index (χ1) is 9.97. The second-order valence-corrected chi connectivity index (χ2v) is 5.58. The third-order valence-electron chi connectivity index (χ3n) is 3.51. The van der Waals surface area contributed by atoms with E-state index < -0.39 is 17.1 Å². The summed E-state index contributed by atoms with van der Waals surface area (Å²) in [5, 5.41) is 0. The maximum Gasteiger partial charge on any atom is 0.219 e. The maximum absolute atomic E-state index is 13.9. The predicted octanol–water partition coefficient (Wildman–Crippen LogP) is 0.378. The van der Waals surface area contributed by atoms with E-state index in [1.54, 1.807) is 17.0 Å². The highest BCUT2D eigenvalue weighted by molar-refractivity contribution is 7.77. The Morgan fingerprint density at radius 2 is 2.05 bits per heavy atom. The van der Waals surface area contributed by atoms with E-state index in [1.165, 1.54) is 13.0 Å². The van der Waals surface area contributed by atoms with Crippen LogP contribution in [0.3, 0.4) is 0 Å². The lowest BCUT2D eigenvalue weighted by molar-refractivity contribution is -0.129. The Hall–Kier alpha value is -1.51. The molecule has 0 spiro atoms.